The second kappa shape index (κ2) is 13.3. The molecule has 0 aliphatic rings. The summed E-state index contributed by atoms with van der Waals surface area (Å²) in [6.45, 7) is 11.4. The second-order valence-corrected chi connectivity index (χ2v) is 6.04. The third kappa shape index (κ3) is 8.87. The largest absolute Gasteiger partial charge is 0.385 e. The zero-order chi connectivity index (χ0) is 17.9. The normalized spacial score (nSPS) is 11.6. The van der Waals surface area contributed by atoms with Gasteiger partial charge in [-0.1, -0.05) is 0 Å². The summed E-state index contributed by atoms with van der Waals surface area (Å²) in [5.41, 5.74) is 3.42. The van der Waals surface area contributed by atoms with E-state index in [1.165, 1.54) is 11.3 Å². The minimum Gasteiger partial charge on any atom is -0.385 e. The summed E-state index contributed by atoms with van der Waals surface area (Å²) >= 11 is 0. The maximum Gasteiger partial charge on any atom is 0.191 e. The Labute approximate surface area is 169 Å². The molecule has 0 aromatic carbocycles. The molecule has 1 heterocycles. The van der Waals surface area contributed by atoms with Crippen LogP contribution in [-0.2, 0) is 18.3 Å². The van der Waals surface area contributed by atoms with E-state index in [1.54, 1.807) is 7.11 Å². The second-order valence-electron chi connectivity index (χ2n) is 6.04. The molecule has 0 spiro atoms. The van der Waals surface area contributed by atoms with E-state index < -0.39 is 0 Å². The molecule has 146 valence electrons. The lowest BCUT2D eigenvalue weighted by molar-refractivity contribution is 0.180. The third-order valence-corrected chi connectivity index (χ3v) is 4.07. The van der Waals surface area contributed by atoms with E-state index in [4.69, 9.17) is 9.73 Å². The Balaban J connectivity index is 0.00000576. The van der Waals surface area contributed by atoms with Crippen LogP contribution in [0.1, 0.15) is 30.3 Å². The van der Waals surface area contributed by atoms with Crippen molar-refractivity contribution in [1.29, 1.82) is 0 Å². The molecule has 0 bridgehead atoms. The lowest BCUT2D eigenvalue weighted by Crippen LogP contribution is -2.41. The number of nitrogens with one attached hydrogen (secondary N) is 2. The maximum absolute atomic E-state index is 5.08. The van der Waals surface area contributed by atoms with E-state index in [0.29, 0.717) is 6.54 Å². The molecule has 25 heavy (non-hydrogen) atoms. The standard InChI is InChI=1S/C17H34N6O.HI/c1-7-18-17(19-9-11-22(4)10-8-12-24-6)20-13-16-14(2)21-23(5)15(16)3;/h7-13H2,1-6H3,(H2,18,19,20);1H. The van der Waals surface area contributed by atoms with Gasteiger partial charge in [0.1, 0.15) is 0 Å². The van der Waals surface area contributed by atoms with E-state index in [-0.39, 0.29) is 24.0 Å². The van der Waals surface area contributed by atoms with Gasteiger partial charge in [0.2, 0.25) is 0 Å². The van der Waals surface area contributed by atoms with Crippen molar-refractivity contribution in [3.8, 4) is 0 Å². The molecule has 0 saturated heterocycles. The first kappa shape index (κ1) is 24.1. The molecule has 2 N–H and O–H groups in total. The van der Waals surface area contributed by atoms with Crippen molar-refractivity contribution in [1.82, 2.24) is 25.3 Å². The maximum atomic E-state index is 5.08. The molecular weight excluding hydrogens is 431 g/mol. The molecule has 8 heteroatoms. The number of aryl methyl sites for hydroxylation is 2. The van der Waals surface area contributed by atoms with E-state index in [9.17, 15) is 0 Å². The van der Waals surface area contributed by atoms with Crippen molar-refractivity contribution >= 4 is 29.9 Å². The molecule has 0 radical (unpaired) electrons. The van der Waals surface area contributed by atoms with Crippen LogP contribution in [0.4, 0.5) is 0 Å². The Morgan fingerprint density at radius 3 is 2.56 bits per heavy atom. The average molecular weight is 466 g/mol. The van der Waals surface area contributed by atoms with E-state index in [0.717, 1.165) is 50.9 Å². The number of guanidine groups is 1. The predicted molar refractivity (Wildman–Crippen MR) is 115 cm³/mol. The predicted octanol–water partition coefficient (Wildman–Crippen LogP) is 1.68. The Morgan fingerprint density at radius 2 is 2.00 bits per heavy atom. The van der Waals surface area contributed by atoms with Crippen LogP contribution in [0.5, 0.6) is 0 Å². The Bertz CT molecular complexity index is 517. The van der Waals surface area contributed by atoms with Gasteiger partial charge in [-0.05, 0) is 34.2 Å². The van der Waals surface area contributed by atoms with Gasteiger partial charge in [0, 0.05) is 58.2 Å². The number of hydrogen-bond donors (Lipinski definition) is 2. The average Bonchev–Trinajstić information content (AvgIpc) is 2.78. The van der Waals surface area contributed by atoms with Gasteiger partial charge in [-0.3, -0.25) is 4.68 Å². The van der Waals surface area contributed by atoms with Crippen molar-refractivity contribution in [3.05, 3.63) is 17.0 Å². The fourth-order valence-corrected chi connectivity index (χ4v) is 2.50. The van der Waals surface area contributed by atoms with Gasteiger partial charge in [-0.2, -0.15) is 5.10 Å². The fraction of sp³-hybridized carbons (Fsp3) is 0.765. The molecule has 7 nitrogen and oxygen atoms in total. The molecule has 0 unspecified atom stereocenters. The van der Waals surface area contributed by atoms with Gasteiger partial charge in [-0.25, -0.2) is 4.99 Å². The summed E-state index contributed by atoms with van der Waals surface area (Å²) in [6.07, 6.45) is 1.06. The van der Waals surface area contributed by atoms with Crippen molar-refractivity contribution in [2.75, 3.05) is 46.9 Å². The molecular formula is C17H35IN6O. The fourth-order valence-electron chi connectivity index (χ4n) is 2.50. The van der Waals surface area contributed by atoms with Gasteiger partial charge in [0.25, 0.3) is 0 Å². The lowest BCUT2D eigenvalue weighted by Gasteiger charge is -2.18. The summed E-state index contributed by atoms with van der Waals surface area (Å²) in [7, 11) is 5.84. The highest BCUT2D eigenvalue weighted by Crippen LogP contribution is 2.12. The summed E-state index contributed by atoms with van der Waals surface area (Å²) in [5, 5.41) is 11.1. The van der Waals surface area contributed by atoms with Crippen molar-refractivity contribution in [3.63, 3.8) is 0 Å². The van der Waals surface area contributed by atoms with E-state index in [2.05, 4.69) is 41.5 Å². The number of aromatic nitrogens is 2. The van der Waals surface area contributed by atoms with Gasteiger partial charge < -0.3 is 20.3 Å². The Morgan fingerprint density at radius 1 is 1.28 bits per heavy atom. The highest BCUT2D eigenvalue weighted by molar-refractivity contribution is 14.0. The minimum atomic E-state index is 0. The molecule has 1 rings (SSSR count). The highest BCUT2D eigenvalue weighted by Gasteiger charge is 2.09. The van der Waals surface area contributed by atoms with Crippen LogP contribution in [0, 0.1) is 13.8 Å². The lowest BCUT2D eigenvalue weighted by atomic mass is 10.2. The zero-order valence-corrected chi connectivity index (χ0v) is 18.9. The van der Waals surface area contributed by atoms with Gasteiger partial charge in [-0.15, -0.1) is 24.0 Å². The summed E-state index contributed by atoms with van der Waals surface area (Å²) in [5.74, 6) is 0.852. The molecule has 0 aliphatic heterocycles. The van der Waals surface area contributed by atoms with Gasteiger partial charge in [0.05, 0.1) is 12.2 Å². The third-order valence-electron chi connectivity index (χ3n) is 4.07. The summed E-state index contributed by atoms with van der Waals surface area (Å²) < 4.78 is 7.00. The minimum absolute atomic E-state index is 0. The molecule has 0 atom stereocenters. The molecule has 0 fully saturated rings. The van der Waals surface area contributed by atoms with E-state index >= 15 is 0 Å². The van der Waals surface area contributed by atoms with Crippen LogP contribution in [0.15, 0.2) is 4.99 Å². The first-order chi connectivity index (χ1) is 11.5. The van der Waals surface area contributed by atoms with Crippen molar-refractivity contribution in [2.24, 2.45) is 12.0 Å². The van der Waals surface area contributed by atoms with Crippen LogP contribution in [0.25, 0.3) is 0 Å². The number of methoxy groups -OCH3 is 1. The number of hydrogen-bond acceptors (Lipinski definition) is 4. The molecule has 0 aliphatic carbocycles. The van der Waals surface area contributed by atoms with Crippen LogP contribution in [-0.4, -0.2) is 67.6 Å². The Hall–Kier alpha value is -0.870. The number of likely N-dealkylation sites (N-methyl/N-ethyl adjacent to an activating group) is 1. The smallest absolute Gasteiger partial charge is 0.191 e. The quantitative estimate of drug-likeness (QED) is 0.238. The van der Waals surface area contributed by atoms with Crippen LogP contribution >= 0.6 is 24.0 Å². The zero-order valence-electron chi connectivity index (χ0n) is 16.6. The van der Waals surface area contributed by atoms with Crippen LogP contribution in [0.3, 0.4) is 0 Å². The molecule has 1 aromatic heterocycles. The SMILES string of the molecule is CCNC(=NCc1c(C)nn(C)c1C)NCCN(C)CCCOC.I. The molecule has 0 amide bonds. The number of halogens is 1. The van der Waals surface area contributed by atoms with Gasteiger partial charge in [0.15, 0.2) is 5.96 Å². The summed E-state index contributed by atoms with van der Waals surface area (Å²) in [6, 6.07) is 0. The van der Waals surface area contributed by atoms with Crippen molar-refractivity contribution < 1.29 is 4.74 Å². The van der Waals surface area contributed by atoms with Gasteiger partial charge >= 0.3 is 0 Å². The van der Waals surface area contributed by atoms with Crippen LogP contribution in [0.2, 0.25) is 0 Å². The topological polar surface area (TPSA) is 66.7 Å². The first-order valence-corrected chi connectivity index (χ1v) is 8.68. The van der Waals surface area contributed by atoms with Crippen molar-refractivity contribution in [2.45, 2.75) is 33.7 Å². The number of ether oxygens (including phenoxy) is 1. The highest BCUT2D eigenvalue weighted by atomic mass is 127. The monoisotopic (exact) mass is 466 g/mol. The molecule has 1 aromatic rings. The number of aliphatic imine (C=N–C) groups is 1. The number of rotatable bonds is 10. The van der Waals surface area contributed by atoms with Crippen LogP contribution < -0.4 is 10.6 Å². The number of nitrogens with zero attached hydrogens (tertiary/aromatic N) is 4. The Kier molecular flexibility index (Phi) is 12.9. The molecule has 0 saturated carbocycles. The summed E-state index contributed by atoms with van der Waals surface area (Å²) in [4.78, 5) is 6.99. The first-order valence-electron chi connectivity index (χ1n) is 8.68. The van der Waals surface area contributed by atoms with E-state index in [1.807, 2.05) is 18.7 Å².